The maximum absolute atomic E-state index is 13.1. The van der Waals surface area contributed by atoms with E-state index in [1.54, 1.807) is 0 Å². The summed E-state index contributed by atoms with van der Waals surface area (Å²) >= 11 is 0. The highest BCUT2D eigenvalue weighted by Crippen LogP contribution is 2.33. The van der Waals surface area contributed by atoms with Gasteiger partial charge in [0.2, 0.25) is 0 Å². The normalized spacial score (nSPS) is 20.7. The van der Waals surface area contributed by atoms with Crippen molar-refractivity contribution in [2.45, 2.75) is 58.3 Å². The summed E-state index contributed by atoms with van der Waals surface area (Å²) in [5.41, 5.74) is 0.0617. The van der Waals surface area contributed by atoms with Gasteiger partial charge in [0, 0.05) is 0 Å². The Morgan fingerprint density at radius 2 is 2.04 bits per heavy atom. The molecule has 0 unspecified atom stereocenters. The molecule has 1 aliphatic carbocycles. The topological polar surface area (TPSA) is 50.1 Å². The van der Waals surface area contributed by atoms with Gasteiger partial charge in [-0.3, -0.25) is 4.79 Å². The molecule has 0 spiro atoms. The van der Waals surface area contributed by atoms with Crippen molar-refractivity contribution in [2.24, 2.45) is 11.8 Å². The second kappa shape index (κ2) is 8.67. The van der Waals surface area contributed by atoms with Gasteiger partial charge in [-0.05, 0) is 49.8 Å². The average molecular weight is 317 g/mol. The van der Waals surface area contributed by atoms with Crippen LogP contribution in [0.4, 0.5) is 4.39 Å². The van der Waals surface area contributed by atoms with E-state index in [9.17, 15) is 9.18 Å². The van der Waals surface area contributed by atoms with E-state index in [1.807, 2.05) is 6.07 Å². The van der Waals surface area contributed by atoms with Crippen LogP contribution in [0.2, 0.25) is 0 Å². The number of halogens is 1. The number of rotatable bonds is 6. The van der Waals surface area contributed by atoms with Crippen LogP contribution in [0.25, 0.3) is 0 Å². The second-order valence-corrected chi connectivity index (χ2v) is 6.39. The van der Waals surface area contributed by atoms with Crippen LogP contribution in [-0.4, -0.2) is 5.97 Å². The summed E-state index contributed by atoms with van der Waals surface area (Å²) < 4.78 is 18.4. The van der Waals surface area contributed by atoms with Crippen LogP contribution >= 0.6 is 0 Å². The first kappa shape index (κ1) is 17.5. The minimum atomic E-state index is -0.506. The largest absolute Gasteiger partial charge is 0.425 e. The van der Waals surface area contributed by atoms with Crippen molar-refractivity contribution in [3.05, 3.63) is 29.6 Å². The van der Waals surface area contributed by atoms with E-state index >= 15 is 0 Å². The third-order valence-corrected chi connectivity index (χ3v) is 4.67. The van der Waals surface area contributed by atoms with Gasteiger partial charge in [0.15, 0.2) is 0 Å². The zero-order valence-corrected chi connectivity index (χ0v) is 13.7. The van der Waals surface area contributed by atoms with Gasteiger partial charge in [-0.1, -0.05) is 32.6 Å². The van der Waals surface area contributed by atoms with E-state index in [0.29, 0.717) is 0 Å². The van der Waals surface area contributed by atoms with Crippen LogP contribution in [0.5, 0.6) is 5.75 Å². The smallest absolute Gasteiger partial charge is 0.314 e. The van der Waals surface area contributed by atoms with E-state index in [4.69, 9.17) is 10.00 Å². The molecule has 23 heavy (non-hydrogen) atoms. The van der Waals surface area contributed by atoms with E-state index < -0.39 is 5.82 Å². The molecule has 0 aliphatic heterocycles. The van der Waals surface area contributed by atoms with Gasteiger partial charge in [0.05, 0.1) is 11.5 Å². The number of carbonyl (C=O) groups excluding carboxylic acids is 1. The van der Waals surface area contributed by atoms with Crippen LogP contribution in [0.15, 0.2) is 18.2 Å². The molecule has 1 aromatic rings. The molecule has 124 valence electrons. The Kier molecular flexibility index (Phi) is 6.58. The standard InChI is InChI=1S/C19H24FNO2/c1-2-3-4-5-14-6-8-15(9-7-14)19(22)23-18-11-10-17(20)12-16(18)13-21/h10-12,14-15H,2-9H2,1H3/t14-,15-. The molecule has 4 heteroatoms. The molecule has 0 atom stereocenters. The van der Waals surface area contributed by atoms with E-state index in [1.165, 1.54) is 37.8 Å². The Balaban J connectivity index is 1.85. The number of unbranched alkanes of at least 4 members (excludes halogenated alkanes) is 2. The van der Waals surface area contributed by atoms with E-state index in [0.717, 1.165) is 37.7 Å². The van der Waals surface area contributed by atoms with E-state index in [2.05, 4.69) is 6.92 Å². The maximum Gasteiger partial charge on any atom is 0.314 e. The molecule has 0 amide bonds. The number of nitrogens with zero attached hydrogens (tertiary/aromatic N) is 1. The number of nitriles is 1. The number of hydrogen-bond donors (Lipinski definition) is 0. The van der Waals surface area contributed by atoms with Crippen LogP contribution < -0.4 is 4.74 Å². The number of carbonyl (C=O) groups is 1. The number of hydrogen-bond acceptors (Lipinski definition) is 3. The van der Waals surface area contributed by atoms with Gasteiger partial charge >= 0.3 is 5.97 Å². The monoisotopic (exact) mass is 317 g/mol. The molecule has 0 radical (unpaired) electrons. The molecule has 0 bridgehead atoms. The van der Waals surface area contributed by atoms with Gasteiger partial charge in [0.1, 0.15) is 17.6 Å². The highest BCUT2D eigenvalue weighted by Gasteiger charge is 2.28. The molecule has 1 fully saturated rings. The first-order valence-corrected chi connectivity index (χ1v) is 8.55. The summed E-state index contributed by atoms with van der Waals surface area (Å²) in [6.45, 7) is 2.21. The fourth-order valence-electron chi connectivity index (χ4n) is 3.24. The maximum atomic E-state index is 13.1. The quantitative estimate of drug-likeness (QED) is 0.422. The SMILES string of the molecule is CCCCC[C@H]1CC[C@H](C(=O)Oc2ccc(F)cc2C#N)CC1. The molecular weight excluding hydrogens is 293 g/mol. The van der Waals surface area contributed by atoms with Crippen molar-refractivity contribution in [3.63, 3.8) is 0 Å². The molecule has 0 N–H and O–H groups in total. The number of esters is 1. The molecule has 1 aromatic carbocycles. The Morgan fingerprint density at radius 1 is 1.30 bits per heavy atom. The lowest BCUT2D eigenvalue weighted by molar-refractivity contribution is -0.140. The Hall–Kier alpha value is -1.89. The lowest BCUT2D eigenvalue weighted by atomic mass is 9.80. The Morgan fingerprint density at radius 3 is 2.70 bits per heavy atom. The third kappa shape index (κ3) is 5.06. The fourth-order valence-corrected chi connectivity index (χ4v) is 3.24. The number of ether oxygens (including phenoxy) is 1. The molecule has 0 heterocycles. The van der Waals surface area contributed by atoms with Gasteiger partial charge in [-0.2, -0.15) is 5.26 Å². The predicted molar refractivity (Wildman–Crippen MR) is 86.3 cm³/mol. The van der Waals surface area contributed by atoms with Crippen molar-refractivity contribution in [1.82, 2.24) is 0 Å². The summed E-state index contributed by atoms with van der Waals surface area (Å²) in [6, 6.07) is 5.51. The van der Waals surface area contributed by atoms with E-state index in [-0.39, 0.29) is 23.2 Å². The van der Waals surface area contributed by atoms with Gasteiger partial charge in [0.25, 0.3) is 0 Å². The van der Waals surface area contributed by atoms with Crippen molar-refractivity contribution in [2.75, 3.05) is 0 Å². The minimum absolute atomic E-state index is 0.0617. The molecule has 0 saturated heterocycles. The van der Waals surface area contributed by atoms with Crippen LogP contribution in [0.1, 0.15) is 63.9 Å². The number of benzene rings is 1. The van der Waals surface area contributed by atoms with Crippen molar-refractivity contribution in [3.8, 4) is 11.8 Å². The Labute approximate surface area is 137 Å². The molecule has 2 rings (SSSR count). The van der Waals surface area contributed by atoms with Crippen LogP contribution in [0.3, 0.4) is 0 Å². The third-order valence-electron chi connectivity index (χ3n) is 4.67. The summed E-state index contributed by atoms with van der Waals surface area (Å²) in [7, 11) is 0. The van der Waals surface area contributed by atoms with Crippen molar-refractivity contribution >= 4 is 5.97 Å². The van der Waals surface area contributed by atoms with Crippen LogP contribution in [-0.2, 0) is 4.79 Å². The lowest BCUT2D eigenvalue weighted by Crippen LogP contribution is -2.26. The molecule has 1 aliphatic rings. The van der Waals surface area contributed by atoms with Crippen molar-refractivity contribution < 1.29 is 13.9 Å². The molecule has 0 aromatic heterocycles. The summed E-state index contributed by atoms with van der Waals surface area (Å²) in [6.07, 6.45) is 8.88. The highest BCUT2D eigenvalue weighted by atomic mass is 19.1. The van der Waals surface area contributed by atoms with Crippen molar-refractivity contribution in [1.29, 1.82) is 5.26 Å². The zero-order valence-electron chi connectivity index (χ0n) is 13.7. The van der Waals surface area contributed by atoms with Crippen LogP contribution in [0, 0.1) is 29.0 Å². The predicted octanol–water partition coefficient (Wildman–Crippen LogP) is 4.99. The highest BCUT2D eigenvalue weighted by molar-refractivity contribution is 5.76. The van der Waals surface area contributed by atoms with Gasteiger partial charge < -0.3 is 4.74 Å². The first-order chi connectivity index (χ1) is 11.1. The van der Waals surface area contributed by atoms with Gasteiger partial charge in [-0.15, -0.1) is 0 Å². The zero-order chi connectivity index (χ0) is 16.7. The Bertz CT molecular complexity index is 571. The molecule has 3 nitrogen and oxygen atoms in total. The summed E-state index contributed by atoms with van der Waals surface area (Å²) in [5, 5.41) is 9.00. The second-order valence-electron chi connectivity index (χ2n) is 6.39. The summed E-state index contributed by atoms with van der Waals surface area (Å²) in [4.78, 5) is 12.3. The fraction of sp³-hybridized carbons (Fsp3) is 0.579. The van der Waals surface area contributed by atoms with Gasteiger partial charge in [-0.25, -0.2) is 4.39 Å². The molecule has 1 saturated carbocycles. The molecular formula is C19H24FNO2. The summed E-state index contributed by atoms with van der Waals surface area (Å²) in [5.74, 6) is -0.0156. The average Bonchev–Trinajstić information content (AvgIpc) is 2.57. The lowest BCUT2D eigenvalue weighted by Gasteiger charge is -2.27. The minimum Gasteiger partial charge on any atom is -0.425 e. The first-order valence-electron chi connectivity index (χ1n) is 8.55.